The van der Waals surface area contributed by atoms with Gasteiger partial charge < -0.3 is 9.64 Å². The second kappa shape index (κ2) is 7.87. The van der Waals surface area contributed by atoms with Gasteiger partial charge in [-0.1, -0.05) is 17.7 Å². The molecule has 0 unspecified atom stereocenters. The fraction of sp³-hybridized carbons (Fsp3) is 0.217. The van der Waals surface area contributed by atoms with Gasteiger partial charge in [0.1, 0.15) is 18.2 Å². The van der Waals surface area contributed by atoms with Gasteiger partial charge in [-0.05, 0) is 32.0 Å². The van der Waals surface area contributed by atoms with Crippen LogP contribution < -0.4 is 4.74 Å². The van der Waals surface area contributed by atoms with Gasteiger partial charge in [-0.25, -0.2) is 13.9 Å². The summed E-state index contributed by atoms with van der Waals surface area (Å²) in [5.74, 6) is -0.545. The average Bonchev–Trinajstić information content (AvgIpc) is 3.36. The van der Waals surface area contributed by atoms with Crippen LogP contribution >= 0.6 is 11.6 Å². The molecule has 1 aromatic carbocycles. The minimum absolute atomic E-state index is 0.176. The maximum atomic E-state index is 13.9. The molecule has 4 aromatic rings. The number of fused-ring (bicyclic) bond motifs is 3. The smallest absolute Gasteiger partial charge is 0.258 e. The number of nitrogens with zero attached hydrogens (tertiary/aromatic N) is 5. The predicted molar refractivity (Wildman–Crippen MR) is 116 cm³/mol. The van der Waals surface area contributed by atoms with Crippen molar-refractivity contribution in [2.24, 2.45) is 0 Å². The third-order valence-electron chi connectivity index (χ3n) is 5.53. The van der Waals surface area contributed by atoms with Gasteiger partial charge in [0.25, 0.3) is 5.91 Å². The van der Waals surface area contributed by atoms with E-state index in [-0.39, 0.29) is 18.3 Å². The molecule has 0 atom stereocenters. The molecular formula is C23H19ClFN5O2. The second-order valence-electron chi connectivity index (χ2n) is 7.71. The summed E-state index contributed by atoms with van der Waals surface area (Å²) >= 11 is 6.31. The van der Waals surface area contributed by atoms with Gasteiger partial charge in [0.2, 0.25) is 0 Å². The van der Waals surface area contributed by atoms with E-state index in [9.17, 15) is 9.18 Å². The SMILES string of the molecule is Cc1nc2c3c(nn2c(C)c1Cl)CN(C(=O)c1ccc(F)cc1OCc1cccnc1)C3. The van der Waals surface area contributed by atoms with Crippen LogP contribution in [0.25, 0.3) is 5.65 Å². The summed E-state index contributed by atoms with van der Waals surface area (Å²) in [6, 6.07) is 7.58. The van der Waals surface area contributed by atoms with Crippen molar-refractivity contribution in [3.63, 3.8) is 0 Å². The fourth-order valence-corrected chi connectivity index (χ4v) is 3.99. The zero-order chi connectivity index (χ0) is 22.4. The average molecular weight is 452 g/mol. The zero-order valence-electron chi connectivity index (χ0n) is 17.5. The number of hydrogen-bond acceptors (Lipinski definition) is 5. The highest BCUT2D eigenvalue weighted by Crippen LogP contribution is 2.31. The van der Waals surface area contributed by atoms with Gasteiger partial charge in [-0.2, -0.15) is 5.10 Å². The number of carbonyl (C=O) groups is 1. The summed E-state index contributed by atoms with van der Waals surface area (Å²) in [5.41, 5.74) is 5.00. The van der Waals surface area contributed by atoms with E-state index in [1.807, 2.05) is 19.9 Å². The van der Waals surface area contributed by atoms with Gasteiger partial charge in [0.05, 0.1) is 40.8 Å². The van der Waals surface area contributed by atoms with Gasteiger partial charge in [-0.15, -0.1) is 0 Å². The van der Waals surface area contributed by atoms with Crippen molar-refractivity contribution < 1.29 is 13.9 Å². The van der Waals surface area contributed by atoms with Crippen molar-refractivity contribution in [1.82, 2.24) is 24.5 Å². The number of aromatic nitrogens is 4. The number of hydrogen-bond donors (Lipinski definition) is 0. The van der Waals surface area contributed by atoms with E-state index in [4.69, 9.17) is 16.3 Å². The molecule has 0 radical (unpaired) electrons. The molecule has 0 saturated carbocycles. The Balaban J connectivity index is 1.42. The van der Waals surface area contributed by atoms with Crippen LogP contribution in [0.3, 0.4) is 0 Å². The number of halogens is 2. The van der Waals surface area contributed by atoms with Crippen LogP contribution in [0.5, 0.6) is 5.75 Å². The third-order valence-corrected chi connectivity index (χ3v) is 6.08. The van der Waals surface area contributed by atoms with Gasteiger partial charge in [0, 0.05) is 29.6 Å². The molecule has 9 heteroatoms. The first-order chi connectivity index (χ1) is 15.4. The van der Waals surface area contributed by atoms with E-state index >= 15 is 0 Å². The van der Waals surface area contributed by atoms with E-state index in [0.717, 1.165) is 22.5 Å². The molecular weight excluding hydrogens is 433 g/mol. The normalized spacial score (nSPS) is 12.9. The molecule has 1 aliphatic heterocycles. The Hall–Kier alpha value is -3.52. The number of aryl methyl sites for hydroxylation is 2. The monoisotopic (exact) mass is 451 g/mol. The van der Waals surface area contributed by atoms with Crippen LogP contribution in [-0.2, 0) is 19.7 Å². The lowest BCUT2D eigenvalue weighted by molar-refractivity contribution is 0.0744. The molecule has 162 valence electrons. The molecule has 0 N–H and O–H groups in total. The molecule has 0 bridgehead atoms. The zero-order valence-corrected chi connectivity index (χ0v) is 18.2. The first-order valence-corrected chi connectivity index (χ1v) is 10.4. The lowest BCUT2D eigenvalue weighted by atomic mass is 10.1. The van der Waals surface area contributed by atoms with Gasteiger partial charge in [-0.3, -0.25) is 9.78 Å². The fourth-order valence-electron chi connectivity index (χ4n) is 3.86. The molecule has 3 aromatic heterocycles. The Morgan fingerprint density at radius 1 is 1.25 bits per heavy atom. The molecule has 0 aliphatic carbocycles. The topological polar surface area (TPSA) is 72.6 Å². The van der Waals surface area contributed by atoms with Gasteiger partial charge >= 0.3 is 0 Å². The molecule has 32 heavy (non-hydrogen) atoms. The van der Waals surface area contributed by atoms with Crippen LogP contribution in [-0.4, -0.2) is 30.4 Å². The van der Waals surface area contributed by atoms with Crippen molar-refractivity contribution in [3.05, 3.63) is 87.3 Å². The third kappa shape index (κ3) is 3.46. The minimum atomic E-state index is -0.475. The summed E-state index contributed by atoms with van der Waals surface area (Å²) in [6.45, 7) is 4.59. The predicted octanol–water partition coefficient (Wildman–Crippen LogP) is 4.27. The largest absolute Gasteiger partial charge is 0.488 e. The van der Waals surface area contributed by atoms with Crippen LogP contribution in [0.4, 0.5) is 4.39 Å². The van der Waals surface area contributed by atoms with Crippen molar-refractivity contribution in [1.29, 1.82) is 0 Å². The summed E-state index contributed by atoms with van der Waals surface area (Å²) in [4.78, 5) is 23.6. The van der Waals surface area contributed by atoms with E-state index < -0.39 is 5.82 Å². The maximum Gasteiger partial charge on any atom is 0.258 e. The van der Waals surface area contributed by atoms with Crippen molar-refractivity contribution >= 4 is 23.2 Å². The highest BCUT2D eigenvalue weighted by molar-refractivity contribution is 6.31. The minimum Gasteiger partial charge on any atom is -0.488 e. The lowest BCUT2D eigenvalue weighted by Crippen LogP contribution is -2.26. The molecule has 0 fully saturated rings. The molecule has 0 saturated heterocycles. The van der Waals surface area contributed by atoms with Gasteiger partial charge in [0.15, 0.2) is 5.65 Å². The highest BCUT2D eigenvalue weighted by Gasteiger charge is 2.31. The quantitative estimate of drug-likeness (QED) is 0.463. The molecule has 4 heterocycles. The van der Waals surface area contributed by atoms with Crippen molar-refractivity contribution in [3.8, 4) is 5.75 Å². The number of benzene rings is 1. The Morgan fingerprint density at radius 2 is 2.09 bits per heavy atom. The summed E-state index contributed by atoms with van der Waals surface area (Å²) in [5, 5.41) is 5.19. The number of ether oxygens (including phenoxy) is 1. The van der Waals surface area contributed by atoms with E-state index in [0.29, 0.717) is 35.0 Å². The Labute approximate surface area is 188 Å². The molecule has 1 amide bonds. The number of rotatable bonds is 4. The van der Waals surface area contributed by atoms with Crippen LogP contribution in [0.2, 0.25) is 5.02 Å². The Bertz CT molecular complexity index is 1360. The van der Waals surface area contributed by atoms with Crippen molar-refractivity contribution in [2.45, 2.75) is 33.5 Å². The number of pyridine rings is 1. The summed E-state index contributed by atoms with van der Waals surface area (Å²) in [6.07, 6.45) is 3.32. The lowest BCUT2D eigenvalue weighted by Gasteiger charge is -2.18. The second-order valence-corrected chi connectivity index (χ2v) is 8.09. The number of carbonyl (C=O) groups excluding carboxylic acids is 1. The first-order valence-electron chi connectivity index (χ1n) is 10.1. The molecule has 0 spiro atoms. The number of amides is 1. The highest BCUT2D eigenvalue weighted by atomic mass is 35.5. The summed E-state index contributed by atoms with van der Waals surface area (Å²) in [7, 11) is 0. The standard InChI is InChI=1S/C23H19ClFN5O2/c1-13-21(24)14(2)30-22(27-13)18-10-29(11-19(18)28-30)23(31)17-6-5-16(25)8-20(17)32-12-15-4-3-7-26-9-15/h3-9H,10-12H2,1-2H3. The maximum absolute atomic E-state index is 13.9. The Morgan fingerprint density at radius 3 is 2.88 bits per heavy atom. The molecule has 1 aliphatic rings. The first kappa shape index (κ1) is 20.4. The van der Waals surface area contributed by atoms with E-state index in [2.05, 4.69) is 15.1 Å². The van der Waals surface area contributed by atoms with E-state index in [1.165, 1.54) is 18.2 Å². The van der Waals surface area contributed by atoms with Crippen LogP contribution in [0.1, 0.15) is 38.6 Å². The Kier molecular flexibility index (Phi) is 5.01. The van der Waals surface area contributed by atoms with E-state index in [1.54, 1.807) is 27.9 Å². The van der Waals surface area contributed by atoms with Crippen molar-refractivity contribution in [2.75, 3.05) is 0 Å². The summed E-state index contributed by atoms with van der Waals surface area (Å²) < 4.78 is 21.4. The van der Waals surface area contributed by atoms with Crippen LogP contribution in [0.15, 0.2) is 42.7 Å². The molecule has 5 rings (SSSR count). The molecule has 7 nitrogen and oxygen atoms in total. The van der Waals surface area contributed by atoms with Crippen LogP contribution in [0, 0.1) is 19.7 Å².